The average molecular weight is 326 g/mol. The van der Waals surface area contributed by atoms with Crippen molar-refractivity contribution >= 4 is 52.1 Å². The molecule has 5 nitrogen and oxygen atoms in total. The van der Waals surface area contributed by atoms with E-state index in [1.54, 1.807) is 25.5 Å². The lowest BCUT2D eigenvalue weighted by Crippen LogP contribution is -1.98. The monoisotopic (exact) mass is 325 g/mol. The fraction of sp³-hybridized carbons (Fsp3) is 0.0833. The Morgan fingerprint density at radius 1 is 1.20 bits per heavy atom. The normalized spacial score (nSPS) is 10.9. The van der Waals surface area contributed by atoms with Crippen LogP contribution in [0.1, 0.15) is 0 Å². The lowest BCUT2D eigenvalue weighted by Gasteiger charge is -2.05. The number of nitrogens with one attached hydrogen (secondary N) is 2. The third-order valence-electron chi connectivity index (χ3n) is 2.58. The van der Waals surface area contributed by atoms with Crippen LogP contribution in [0.15, 0.2) is 34.4 Å². The first-order valence-electron chi connectivity index (χ1n) is 5.69. The smallest absolute Gasteiger partial charge is 0.225 e. The zero-order chi connectivity index (χ0) is 14.1. The van der Waals surface area contributed by atoms with Gasteiger partial charge in [-0.25, -0.2) is 9.97 Å². The fourth-order valence-corrected chi connectivity index (χ4v) is 2.93. The van der Waals surface area contributed by atoms with Gasteiger partial charge in [0, 0.05) is 11.9 Å². The van der Waals surface area contributed by atoms with Crippen molar-refractivity contribution in [1.29, 1.82) is 0 Å². The Balaban J connectivity index is 2.04. The lowest BCUT2D eigenvalue weighted by molar-refractivity contribution is 1.08. The van der Waals surface area contributed by atoms with E-state index in [9.17, 15) is 0 Å². The molecular formula is C12H9Cl2N5S. The van der Waals surface area contributed by atoms with Gasteiger partial charge in [0.15, 0.2) is 5.65 Å². The Kier molecular flexibility index (Phi) is 3.69. The summed E-state index contributed by atoms with van der Waals surface area (Å²) in [6, 6.07) is 5.46. The first-order valence-corrected chi connectivity index (χ1v) is 7.26. The molecule has 0 amide bonds. The molecule has 3 rings (SSSR count). The van der Waals surface area contributed by atoms with E-state index in [2.05, 4.69) is 25.3 Å². The molecule has 0 aliphatic rings. The first kappa shape index (κ1) is 13.5. The van der Waals surface area contributed by atoms with Gasteiger partial charge in [0.05, 0.1) is 16.4 Å². The predicted molar refractivity (Wildman–Crippen MR) is 81.8 cm³/mol. The molecule has 1 aromatic carbocycles. The fourth-order valence-electron chi connectivity index (χ4n) is 1.64. The third kappa shape index (κ3) is 2.54. The van der Waals surface area contributed by atoms with Gasteiger partial charge >= 0.3 is 0 Å². The molecule has 3 aromatic rings. The Labute approximate surface area is 129 Å². The number of hydrogen-bond acceptors (Lipinski definition) is 5. The average Bonchev–Trinajstić information content (AvgIpc) is 2.91. The molecule has 8 heteroatoms. The number of rotatable bonds is 3. The van der Waals surface area contributed by atoms with Gasteiger partial charge in [-0.15, -0.1) is 0 Å². The number of nitrogens with zero attached hydrogens (tertiary/aromatic N) is 3. The summed E-state index contributed by atoms with van der Waals surface area (Å²) in [5, 5.41) is 4.74. The van der Waals surface area contributed by atoms with E-state index < -0.39 is 0 Å². The minimum Gasteiger partial charge on any atom is -0.357 e. The quantitative estimate of drug-likeness (QED) is 0.716. The van der Waals surface area contributed by atoms with Crippen molar-refractivity contribution in [2.75, 3.05) is 12.4 Å². The van der Waals surface area contributed by atoms with Crippen LogP contribution in [0.3, 0.4) is 0 Å². The number of aromatic amines is 1. The highest BCUT2D eigenvalue weighted by Crippen LogP contribution is 2.34. The molecule has 0 spiro atoms. The van der Waals surface area contributed by atoms with Crippen molar-refractivity contribution in [3.63, 3.8) is 0 Å². The highest BCUT2D eigenvalue weighted by atomic mass is 35.5. The molecule has 0 saturated heterocycles. The Morgan fingerprint density at radius 2 is 2.05 bits per heavy atom. The summed E-state index contributed by atoms with van der Waals surface area (Å²) in [5.74, 6) is 0.521. The second-order valence-electron chi connectivity index (χ2n) is 3.88. The van der Waals surface area contributed by atoms with Crippen LogP contribution in [0.2, 0.25) is 10.0 Å². The molecule has 0 atom stereocenters. The van der Waals surface area contributed by atoms with E-state index in [0.29, 0.717) is 21.6 Å². The number of imidazole rings is 1. The summed E-state index contributed by atoms with van der Waals surface area (Å²) in [5.41, 5.74) is 1.41. The van der Waals surface area contributed by atoms with Crippen molar-refractivity contribution < 1.29 is 0 Å². The maximum Gasteiger partial charge on any atom is 0.225 e. The number of benzene rings is 1. The molecular weight excluding hydrogens is 317 g/mol. The van der Waals surface area contributed by atoms with Crippen molar-refractivity contribution in [1.82, 2.24) is 19.9 Å². The molecule has 0 radical (unpaired) electrons. The first-order chi connectivity index (χ1) is 9.67. The van der Waals surface area contributed by atoms with Gasteiger partial charge in [0.2, 0.25) is 5.95 Å². The maximum atomic E-state index is 6.03. The van der Waals surface area contributed by atoms with Gasteiger partial charge in [0.1, 0.15) is 10.5 Å². The number of aromatic nitrogens is 4. The highest BCUT2D eigenvalue weighted by Gasteiger charge is 2.11. The molecule has 0 aliphatic carbocycles. The second-order valence-corrected chi connectivity index (χ2v) is 5.76. The van der Waals surface area contributed by atoms with E-state index in [1.807, 2.05) is 6.07 Å². The Morgan fingerprint density at radius 3 is 2.80 bits per heavy atom. The van der Waals surface area contributed by atoms with Crippen LogP contribution < -0.4 is 5.32 Å². The van der Waals surface area contributed by atoms with Gasteiger partial charge in [-0.2, -0.15) is 4.98 Å². The lowest BCUT2D eigenvalue weighted by atomic mass is 10.4. The van der Waals surface area contributed by atoms with E-state index in [0.717, 1.165) is 15.4 Å². The summed E-state index contributed by atoms with van der Waals surface area (Å²) >= 11 is 13.4. The molecule has 2 N–H and O–H groups in total. The number of hydrogen-bond donors (Lipinski definition) is 2. The molecule has 2 aromatic heterocycles. The molecule has 0 bridgehead atoms. The van der Waals surface area contributed by atoms with E-state index in [4.69, 9.17) is 23.2 Å². The molecule has 102 valence electrons. The van der Waals surface area contributed by atoms with Crippen LogP contribution in [0.25, 0.3) is 11.2 Å². The van der Waals surface area contributed by atoms with Gasteiger partial charge in [0.25, 0.3) is 0 Å². The van der Waals surface area contributed by atoms with Crippen molar-refractivity contribution in [2.24, 2.45) is 0 Å². The van der Waals surface area contributed by atoms with Crippen LogP contribution in [-0.2, 0) is 0 Å². The highest BCUT2D eigenvalue weighted by molar-refractivity contribution is 7.99. The molecule has 0 fully saturated rings. The Hall–Kier alpha value is -1.50. The van der Waals surface area contributed by atoms with Crippen LogP contribution in [0.4, 0.5) is 5.95 Å². The zero-order valence-electron chi connectivity index (χ0n) is 10.3. The number of anilines is 1. The van der Waals surface area contributed by atoms with Gasteiger partial charge < -0.3 is 10.3 Å². The third-order valence-corrected chi connectivity index (χ3v) is 4.30. The standard InChI is InChI=1S/C12H9Cl2N5S/c1-15-12-18-10-9(16-5-17-10)11(19-12)20-6-2-3-7(13)8(14)4-6/h2-5H,1H3,(H2,15,16,17,18,19). The topological polar surface area (TPSA) is 66.5 Å². The maximum absolute atomic E-state index is 6.03. The van der Waals surface area contributed by atoms with E-state index in [1.165, 1.54) is 11.8 Å². The van der Waals surface area contributed by atoms with Crippen LogP contribution in [-0.4, -0.2) is 27.0 Å². The molecule has 20 heavy (non-hydrogen) atoms. The van der Waals surface area contributed by atoms with E-state index >= 15 is 0 Å². The van der Waals surface area contributed by atoms with Crippen molar-refractivity contribution in [3.8, 4) is 0 Å². The van der Waals surface area contributed by atoms with E-state index in [-0.39, 0.29) is 0 Å². The van der Waals surface area contributed by atoms with Gasteiger partial charge in [-0.05, 0) is 18.2 Å². The summed E-state index contributed by atoms with van der Waals surface area (Å²) < 4.78 is 0. The number of H-pyrrole nitrogens is 1. The predicted octanol–water partition coefficient (Wildman–Crippen LogP) is 3.85. The molecule has 0 aliphatic heterocycles. The van der Waals surface area contributed by atoms with Crippen LogP contribution in [0, 0.1) is 0 Å². The number of halogens is 2. The van der Waals surface area contributed by atoms with Crippen molar-refractivity contribution in [3.05, 3.63) is 34.6 Å². The summed E-state index contributed by atoms with van der Waals surface area (Å²) in [6.45, 7) is 0. The Bertz CT molecular complexity index is 774. The van der Waals surface area contributed by atoms with Crippen molar-refractivity contribution in [2.45, 2.75) is 9.92 Å². The zero-order valence-corrected chi connectivity index (χ0v) is 12.6. The molecule has 0 unspecified atom stereocenters. The minimum atomic E-state index is 0.514. The van der Waals surface area contributed by atoms with Gasteiger partial charge in [-0.3, -0.25) is 0 Å². The van der Waals surface area contributed by atoms with Crippen LogP contribution in [0.5, 0.6) is 0 Å². The summed E-state index contributed by atoms with van der Waals surface area (Å²) in [6.07, 6.45) is 1.59. The molecule has 0 saturated carbocycles. The largest absolute Gasteiger partial charge is 0.357 e. The second kappa shape index (κ2) is 5.47. The molecule has 2 heterocycles. The summed E-state index contributed by atoms with van der Waals surface area (Å²) in [4.78, 5) is 16.8. The van der Waals surface area contributed by atoms with Crippen LogP contribution >= 0.6 is 35.0 Å². The van der Waals surface area contributed by atoms with Gasteiger partial charge in [-0.1, -0.05) is 35.0 Å². The SMILES string of the molecule is CNc1nc(Sc2ccc(Cl)c(Cl)c2)c2[nH]cnc2n1. The number of fused-ring (bicyclic) bond motifs is 1. The minimum absolute atomic E-state index is 0.514. The summed E-state index contributed by atoms with van der Waals surface area (Å²) in [7, 11) is 1.77.